The monoisotopic (exact) mass is 913 g/mol. The van der Waals surface area contributed by atoms with Gasteiger partial charge in [-0.2, -0.15) is 8.88 Å². The lowest BCUT2D eigenvalue weighted by Gasteiger charge is -2.21. The highest BCUT2D eigenvalue weighted by Gasteiger charge is 2.51. The van der Waals surface area contributed by atoms with Crippen molar-refractivity contribution in [2.75, 3.05) is 31.6 Å². The van der Waals surface area contributed by atoms with Gasteiger partial charge in [0.15, 0.2) is 35.7 Å². The van der Waals surface area contributed by atoms with Crippen LogP contribution >= 0.6 is 23.5 Å². The Labute approximate surface area is 341 Å². The number of aliphatic hydroxyl groups excluding tert-OH is 3. The molecule has 4 unspecified atom stereocenters. The zero-order chi connectivity index (χ0) is 43.8. The van der Waals surface area contributed by atoms with Crippen LogP contribution in [0.15, 0.2) is 37.2 Å². The molecule has 60 heavy (non-hydrogen) atoms. The fourth-order valence-electron chi connectivity index (χ4n) is 6.42. The van der Waals surface area contributed by atoms with Crippen LogP contribution in [-0.4, -0.2) is 135 Å². The maximum absolute atomic E-state index is 12.7. The number of pyridine rings is 1. The molecule has 0 saturated carbocycles. The molecule has 2 aliphatic heterocycles. The summed E-state index contributed by atoms with van der Waals surface area (Å²) >= 11 is 0. The van der Waals surface area contributed by atoms with E-state index in [9.17, 15) is 58.2 Å². The van der Waals surface area contributed by atoms with E-state index in [4.69, 9.17) is 34.5 Å². The van der Waals surface area contributed by atoms with E-state index in [1.165, 1.54) is 46.3 Å². The van der Waals surface area contributed by atoms with Crippen LogP contribution < -0.4 is 21.4 Å². The van der Waals surface area contributed by atoms with Crippen molar-refractivity contribution >= 4 is 52.1 Å². The first-order valence-corrected chi connectivity index (χ1v) is 23.0. The van der Waals surface area contributed by atoms with E-state index in [0.717, 1.165) is 32.1 Å². The van der Waals surface area contributed by atoms with Crippen molar-refractivity contribution in [3.63, 3.8) is 0 Å². The number of nitrogens with zero attached hydrogens (tertiary/aromatic N) is 5. The number of imidazole rings is 1. The van der Waals surface area contributed by atoms with Crippen LogP contribution in [0.25, 0.3) is 11.2 Å². The second-order valence-corrected chi connectivity index (χ2v) is 18.1. The van der Waals surface area contributed by atoms with Crippen LogP contribution in [0.4, 0.5) is 5.82 Å². The molecule has 0 spiro atoms. The number of nitrogens with two attached hydrogens (primary N) is 2. The molecule has 26 nitrogen and oxygen atoms in total. The number of rotatable bonds is 24. The van der Waals surface area contributed by atoms with Gasteiger partial charge in [-0.15, -0.1) is 0 Å². The van der Waals surface area contributed by atoms with Crippen molar-refractivity contribution in [1.82, 2.24) is 19.5 Å². The third kappa shape index (κ3) is 13.1. The van der Waals surface area contributed by atoms with Crippen molar-refractivity contribution in [1.29, 1.82) is 0 Å². The lowest BCUT2D eigenvalue weighted by Crippen LogP contribution is -2.46. The highest BCUT2D eigenvalue weighted by Crippen LogP contribution is 2.61. The Morgan fingerprint density at radius 3 is 2.22 bits per heavy atom. The molecule has 1 amide bonds. The van der Waals surface area contributed by atoms with Crippen molar-refractivity contribution in [3.05, 3.63) is 42.7 Å². The number of ketones is 1. The van der Waals surface area contributed by atoms with Crippen LogP contribution in [0, 0.1) is 0 Å². The Balaban J connectivity index is 1.16. The van der Waals surface area contributed by atoms with E-state index < -0.39 is 91.5 Å². The summed E-state index contributed by atoms with van der Waals surface area (Å²) in [6.45, 7) is -1.75. The minimum absolute atomic E-state index is 0.0338. The van der Waals surface area contributed by atoms with Gasteiger partial charge in [0.1, 0.15) is 54.0 Å². The molecule has 10 atom stereocenters. The summed E-state index contributed by atoms with van der Waals surface area (Å²) in [5.41, 5.74) is 11.2. The first-order chi connectivity index (χ1) is 28.3. The van der Waals surface area contributed by atoms with E-state index in [1.54, 1.807) is 0 Å². The minimum Gasteiger partial charge on any atom is -0.387 e. The number of carbonyl (C=O) groups excluding carboxylic acids is 2. The molecule has 12 N–H and O–H groups in total. The number of phosphoric ester groups is 3. The Morgan fingerprint density at radius 2 is 1.55 bits per heavy atom. The van der Waals surface area contributed by atoms with E-state index in [2.05, 4.69) is 24.6 Å². The predicted octanol–water partition coefficient (Wildman–Crippen LogP) is -1.33. The average Bonchev–Trinajstić information content (AvgIpc) is 3.82. The quantitative estimate of drug-likeness (QED) is 0.0283. The number of amides is 1. The second-order valence-electron chi connectivity index (χ2n) is 13.8. The number of anilines is 1. The molecule has 0 aliphatic carbocycles. The number of fused-ring (bicyclic) bond motifs is 1. The summed E-state index contributed by atoms with van der Waals surface area (Å²) in [4.78, 5) is 76.2. The molecule has 5 rings (SSSR count). The molecule has 0 radical (unpaired) electrons. The summed E-state index contributed by atoms with van der Waals surface area (Å²) in [5.74, 6) is -0.621. The van der Waals surface area contributed by atoms with Crippen molar-refractivity contribution in [2.24, 2.45) is 11.5 Å². The van der Waals surface area contributed by atoms with Gasteiger partial charge in [0, 0.05) is 12.5 Å². The van der Waals surface area contributed by atoms with Crippen LogP contribution in [-0.2, 0) is 52.4 Å². The summed E-state index contributed by atoms with van der Waals surface area (Å²) in [5, 5.41) is 34.8. The lowest BCUT2D eigenvalue weighted by molar-refractivity contribution is -0.765. The van der Waals surface area contributed by atoms with Gasteiger partial charge < -0.3 is 65.7 Å². The third-order valence-electron chi connectivity index (χ3n) is 9.33. The van der Waals surface area contributed by atoms with Crippen LogP contribution in [0.1, 0.15) is 55.1 Å². The lowest BCUT2D eigenvalue weighted by atomic mass is 10.1. The summed E-state index contributed by atoms with van der Waals surface area (Å²) in [6.07, 6.45) is -2.90. The van der Waals surface area contributed by atoms with Gasteiger partial charge >= 0.3 is 23.5 Å². The Bertz CT molecular complexity index is 2090. The Hall–Kier alpha value is -3.23. The maximum Gasteiger partial charge on any atom is 0.481 e. The van der Waals surface area contributed by atoms with Crippen LogP contribution in [0.5, 0.6) is 0 Å². The van der Waals surface area contributed by atoms with Gasteiger partial charge in [-0.25, -0.2) is 28.6 Å². The first-order valence-electron chi connectivity index (χ1n) is 18.4. The highest BCUT2D eigenvalue weighted by atomic mass is 31.3. The fraction of sp³-hybridized carbons (Fsp3) is 0.613. The molecule has 0 bridgehead atoms. The van der Waals surface area contributed by atoms with Crippen molar-refractivity contribution < 1.29 is 90.1 Å². The Morgan fingerprint density at radius 1 is 0.883 bits per heavy atom. The molecule has 5 heterocycles. The smallest absolute Gasteiger partial charge is 0.387 e. The molecular formula is C31H48N8O18P3+. The zero-order valence-corrected chi connectivity index (χ0v) is 34.4. The number of unbranched alkanes of at least 4 members (excludes halogenated alkanes) is 4. The van der Waals surface area contributed by atoms with Gasteiger partial charge in [-0.3, -0.25) is 23.2 Å². The Kier molecular flexibility index (Phi) is 16.5. The number of carbonyl (C=O) groups is 2. The van der Waals surface area contributed by atoms with Gasteiger partial charge in [0.25, 0.3) is 12.1 Å². The number of Topliss-reactive ketones (excluding diaryl/α,β-unsaturated/α-hetero) is 1. The number of nitrogens with one attached hydrogen (secondary N) is 1. The number of ether oxygens (including phenoxy) is 2. The molecular weight excluding hydrogens is 865 g/mol. The second kappa shape index (κ2) is 20.8. The number of primary amides is 1. The number of phosphoric acid groups is 3. The molecule has 29 heteroatoms. The summed E-state index contributed by atoms with van der Waals surface area (Å²) < 4.78 is 69.7. The number of hydrogen-bond acceptors (Lipinski definition) is 19. The van der Waals surface area contributed by atoms with Crippen molar-refractivity contribution in [2.45, 2.75) is 94.0 Å². The van der Waals surface area contributed by atoms with Gasteiger partial charge in [0.05, 0.1) is 32.6 Å². The first kappa shape index (κ1) is 47.8. The van der Waals surface area contributed by atoms with E-state index >= 15 is 0 Å². The summed E-state index contributed by atoms with van der Waals surface area (Å²) in [7, 11) is -16.3. The molecule has 2 saturated heterocycles. The fourth-order valence-corrected chi connectivity index (χ4v) is 9.08. The number of aliphatic hydroxyl groups is 3. The highest BCUT2D eigenvalue weighted by molar-refractivity contribution is 7.61. The summed E-state index contributed by atoms with van der Waals surface area (Å²) in [6, 6.07) is 2.79. The van der Waals surface area contributed by atoms with Crippen molar-refractivity contribution in [3.8, 4) is 0 Å². The molecule has 3 aromatic heterocycles. The van der Waals surface area contributed by atoms with Gasteiger partial charge in [-0.1, -0.05) is 19.3 Å². The molecule has 3 aromatic rings. The van der Waals surface area contributed by atoms with E-state index in [0.29, 0.717) is 13.0 Å². The largest absolute Gasteiger partial charge is 0.481 e. The zero-order valence-electron chi connectivity index (χ0n) is 31.7. The maximum atomic E-state index is 12.7. The molecule has 2 fully saturated rings. The standard InChI is InChI=1S/C31H47N8O18P3/c32-9-5-3-1-2-4-8-19(40)11-34-29-23-30(36-16-35-29)39(17-37-23)13-20-27(56-58(45,46)47)25(42)22(54-20)15-53-60(50,51)57-59(48,49)52-14-21-24(41)26(43)31(55-21)38-10-6-7-18(12-38)28(33)44/h6-7,10,12,16-17,20-22,24-27,31,41-43H,1-5,8-9,11,13-15,32H2,(H6-,33,34,35,36,44,45,46,47,48,49,50,51)/p+1/t20-,21-,22+,24+,25?,26?,27+,31-/m1/s1. The van der Waals surface area contributed by atoms with Gasteiger partial charge in [-0.05, 0) is 25.5 Å². The topological polar surface area (TPSA) is 394 Å². The van der Waals surface area contributed by atoms with E-state index in [1.807, 2.05) is 0 Å². The normalized spacial score (nSPS) is 26.5. The third-order valence-corrected chi connectivity index (χ3v) is 12.5. The predicted molar refractivity (Wildman–Crippen MR) is 201 cm³/mol. The minimum atomic E-state index is -5.55. The molecule has 2 aliphatic rings. The average molecular weight is 914 g/mol. The molecule has 0 aromatic carbocycles. The van der Waals surface area contributed by atoms with E-state index in [-0.39, 0.29) is 41.4 Å². The van der Waals surface area contributed by atoms with Crippen LogP contribution in [0.2, 0.25) is 0 Å². The van der Waals surface area contributed by atoms with Crippen LogP contribution in [0.3, 0.4) is 0 Å². The van der Waals surface area contributed by atoms with Gasteiger partial charge in [0.2, 0.25) is 0 Å². The number of aromatic nitrogens is 5. The molecule has 334 valence electrons. The number of hydrogen-bond donors (Lipinski definition) is 10. The SMILES string of the molecule is NCCCCCCCC(=O)CNc1ncnc2c1ncn2C[C@H]1O[C@@H](COP(=O)(O)OP(=O)(O)OC[C@H]2O[C@@H]([n+]3cccc(C(N)=O)c3)C(O)[C@H]2O)C(O)[C@H]1OP(=O)(O)O.